The Morgan fingerprint density at radius 3 is 2.62 bits per heavy atom. The summed E-state index contributed by atoms with van der Waals surface area (Å²) in [5.74, 6) is -1.05. The summed E-state index contributed by atoms with van der Waals surface area (Å²) in [4.78, 5) is 16.8. The van der Waals surface area contributed by atoms with E-state index < -0.39 is 11.9 Å². The molecular formula is C14H10FN5O. The zero-order chi connectivity index (χ0) is 14.7. The van der Waals surface area contributed by atoms with Gasteiger partial charge >= 0.3 is 0 Å². The van der Waals surface area contributed by atoms with Gasteiger partial charge in [-0.3, -0.25) is 4.79 Å². The molecule has 1 N–H and O–H groups in total. The summed E-state index contributed by atoms with van der Waals surface area (Å²) in [6.45, 7) is 0. The van der Waals surface area contributed by atoms with Gasteiger partial charge in [0.1, 0.15) is 0 Å². The molecule has 7 heteroatoms. The van der Waals surface area contributed by atoms with Crippen LogP contribution < -0.4 is 5.32 Å². The minimum Gasteiger partial charge on any atom is -0.319 e. The highest BCUT2D eigenvalue weighted by atomic mass is 19.1. The molecule has 104 valence electrons. The second-order valence-electron chi connectivity index (χ2n) is 4.18. The zero-order valence-corrected chi connectivity index (χ0v) is 10.8. The predicted molar refractivity (Wildman–Crippen MR) is 73.5 cm³/mol. The molecule has 0 fully saturated rings. The Bertz CT molecular complexity index is 755. The van der Waals surface area contributed by atoms with Gasteiger partial charge in [-0.15, -0.1) is 5.10 Å². The maximum absolute atomic E-state index is 12.7. The highest BCUT2D eigenvalue weighted by Crippen LogP contribution is 2.08. The summed E-state index contributed by atoms with van der Waals surface area (Å²) in [6.07, 6.45) is 2.59. The largest absolute Gasteiger partial charge is 0.319 e. The Hall–Kier alpha value is -3.09. The minimum absolute atomic E-state index is 0.156. The Morgan fingerprint density at radius 1 is 1.10 bits per heavy atom. The van der Waals surface area contributed by atoms with E-state index in [2.05, 4.69) is 20.5 Å². The number of rotatable bonds is 3. The number of anilines is 1. The third-order valence-electron chi connectivity index (χ3n) is 2.70. The third-order valence-corrected chi connectivity index (χ3v) is 2.70. The van der Waals surface area contributed by atoms with E-state index in [4.69, 9.17) is 0 Å². The van der Waals surface area contributed by atoms with Gasteiger partial charge in [0.2, 0.25) is 5.95 Å². The standard InChI is InChI=1S/C14H10FN5O/c15-13-7-6-10(8-16-13)18-14(21)12-9-17-20(19-12)11-4-2-1-3-5-11/h1-9H,(H,18,21). The van der Waals surface area contributed by atoms with Gasteiger partial charge < -0.3 is 5.32 Å². The van der Waals surface area contributed by atoms with Crippen molar-refractivity contribution in [2.45, 2.75) is 0 Å². The summed E-state index contributed by atoms with van der Waals surface area (Å²) < 4.78 is 12.7. The van der Waals surface area contributed by atoms with Gasteiger partial charge in [0, 0.05) is 0 Å². The van der Waals surface area contributed by atoms with Crippen molar-refractivity contribution in [2.24, 2.45) is 0 Å². The monoisotopic (exact) mass is 283 g/mol. The zero-order valence-electron chi connectivity index (χ0n) is 10.8. The Balaban J connectivity index is 1.77. The lowest BCUT2D eigenvalue weighted by Gasteiger charge is -2.01. The SMILES string of the molecule is O=C(Nc1ccc(F)nc1)c1cnn(-c2ccccc2)n1. The first-order valence-electron chi connectivity index (χ1n) is 6.13. The van der Waals surface area contributed by atoms with Gasteiger partial charge in [0.05, 0.1) is 23.8 Å². The minimum atomic E-state index is -0.608. The smallest absolute Gasteiger partial charge is 0.277 e. The Morgan fingerprint density at radius 2 is 1.90 bits per heavy atom. The molecule has 0 radical (unpaired) electrons. The van der Waals surface area contributed by atoms with Gasteiger partial charge in [-0.05, 0) is 24.3 Å². The average Bonchev–Trinajstić information content (AvgIpc) is 3.00. The van der Waals surface area contributed by atoms with E-state index in [1.165, 1.54) is 23.3 Å². The lowest BCUT2D eigenvalue weighted by Crippen LogP contribution is -2.13. The summed E-state index contributed by atoms with van der Waals surface area (Å²) in [5, 5.41) is 10.7. The number of benzene rings is 1. The fraction of sp³-hybridized carbons (Fsp3) is 0. The number of amides is 1. The topological polar surface area (TPSA) is 72.7 Å². The molecule has 0 unspecified atom stereocenters. The number of para-hydroxylation sites is 1. The highest BCUT2D eigenvalue weighted by molar-refractivity contribution is 6.02. The van der Waals surface area contributed by atoms with E-state index in [0.717, 1.165) is 11.8 Å². The summed E-state index contributed by atoms with van der Waals surface area (Å²) in [5.41, 5.74) is 1.29. The van der Waals surface area contributed by atoms with E-state index in [1.807, 2.05) is 30.3 Å². The average molecular weight is 283 g/mol. The molecule has 0 saturated carbocycles. The summed E-state index contributed by atoms with van der Waals surface area (Å²) in [6, 6.07) is 11.8. The number of aromatic nitrogens is 4. The number of pyridine rings is 1. The second-order valence-corrected chi connectivity index (χ2v) is 4.18. The van der Waals surface area contributed by atoms with Crippen molar-refractivity contribution in [1.82, 2.24) is 20.0 Å². The van der Waals surface area contributed by atoms with Gasteiger partial charge in [0.25, 0.3) is 5.91 Å². The van der Waals surface area contributed by atoms with Crippen molar-refractivity contribution >= 4 is 11.6 Å². The molecular weight excluding hydrogens is 273 g/mol. The molecule has 0 aliphatic heterocycles. The van der Waals surface area contributed by atoms with Crippen LogP contribution in [0.5, 0.6) is 0 Å². The van der Waals surface area contributed by atoms with Crippen molar-refractivity contribution in [3.05, 3.63) is 66.5 Å². The molecule has 0 bridgehead atoms. The van der Waals surface area contributed by atoms with Crippen molar-refractivity contribution in [3.63, 3.8) is 0 Å². The normalized spacial score (nSPS) is 10.3. The molecule has 1 aromatic carbocycles. The lowest BCUT2D eigenvalue weighted by molar-refractivity contribution is 0.102. The van der Waals surface area contributed by atoms with Gasteiger partial charge in [0.15, 0.2) is 5.69 Å². The Labute approximate surface area is 119 Å². The number of carbonyl (C=O) groups is 1. The van der Waals surface area contributed by atoms with Crippen LogP contribution in [0.2, 0.25) is 0 Å². The molecule has 0 atom stereocenters. The van der Waals surface area contributed by atoms with Crippen LogP contribution in [0.3, 0.4) is 0 Å². The number of hydrogen-bond acceptors (Lipinski definition) is 4. The molecule has 3 rings (SSSR count). The van der Waals surface area contributed by atoms with Crippen LogP contribution in [0, 0.1) is 5.95 Å². The highest BCUT2D eigenvalue weighted by Gasteiger charge is 2.11. The van der Waals surface area contributed by atoms with Gasteiger partial charge in [-0.25, -0.2) is 4.98 Å². The fourth-order valence-electron chi connectivity index (χ4n) is 1.70. The van der Waals surface area contributed by atoms with Crippen LogP contribution in [-0.2, 0) is 0 Å². The van der Waals surface area contributed by atoms with Crippen LogP contribution in [0.1, 0.15) is 10.5 Å². The summed E-state index contributed by atoms with van der Waals surface area (Å²) in [7, 11) is 0. The first-order valence-corrected chi connectivity index (χ1v) is 6.13. The molecule has 2 aromatic heterocycles. The fourth-order valence-corrected chi connectivity index (χ4v) is 1.70. The predicted octanol–water partition coefficient (Wildman–Crippen LogP) is 2.05. The van der Waals surface area contributed by atoms with E-state index in [1.54, 1.807) is 0 Å². The lowest BCUT2D eigenvalue weighted by atomic mass is 10.3. The van der Waals surface area contributed by atoms with Crippen LogP contribution in [-0.4, -0.2) is 25.9 Å². The number of carbonyl (C=O) groups excluding carboxylic acids is 1. The van der Waals surface area contributed by atoms with Crippen LogP contribution in [0.4, 0.5) is 10.1 Å². The Kier molecular flexibility index (Phi) is 3.38. The van der Waals surface area contributed by atoms with E-state index in [-0.39, 0.29) is 5.69 Å². The molecule has 0 aliphatic carbocycles. The number of nitrogens with zero attached hydrogens (tertiary/aromatic N) is 4. The summed E-state index contributed by atoms with van der Waals surface area (Å²) >= 11 is 0. The van der Waals surface area contributed by atoms with Crippen LogP contribution in [0.25, 0.3) is 5.69 Å². The van der Waals surface area contributed by atoms with Crippen molar-refractivity contribution in [1.29, 1.82) is 0 Å². The van der Waals surface area contributed by atoms with E-state index in [9.17, 15) is 9.18 Å². The second kappa shape index (κ2) is 5.49. The van der Waals surface area contributed by atoms with Gasteiger partial charge in [-0.1, -0.05) is 18.2 Å². The molecule has 3 aromatic rings. The molecule has 0 saturated heterocycles. The molecule has 2 heterocycles. The van der Waals surface area contributed by atoms with Crippen molar-refractivity contribution in [3.8, 4) is 5.69 Å². The maximum Gasteiger partial charge on any atom is 0.277 e. The van der Waals surface area contributed by atoms with E-state index in [0.29, 0.717) is 5.69 Å². The molecule has 21 heavy (non-hydrogen) atoms. The quantitative estimate of drug-likeness (QED) is 0.747. The molecule has 1 amide bonds. The van der Waals surface area contributed by atoms with Crippen LogP contribution in [0.15, 0.2) is 54.9 Å². The number of hydrogen-bond donors (Lipinski definition) is 1. The number of nitrogens with one attached hydrogen (secondary N) is 1. The first kappa shape index (κ1) is 12.9. The maximum atomic E-state index is 12.7. The van der Waals surface area contributed by atoms with Crippen molar-refractivity contribution < 1.29 is 9.18 Å². The third kappa shape index (κ3) is 2.92. The first-order chi connectivity index (χ1) is 10.2. The van der Waals surface area contributed by atoms with Crippen LogP contribution >= 0.6 is 0 Å². The molecule has 0 aliphatic rings. The number of halogens is 1. The van der Waals surface area contributed by atoms with E-state index >= 15 is 0 Å². The molecule has 0 spiro atoms. The van der Waals surface area contributed by atoms with Gasteiger partial charge in [-0.2, -0.15) is 14.3 Å². The van der Waals surface area contributed by atoms with Crippen molar-refractivity contribution in [2.75, 3.05) is 5.32 Å². The molecule has 6 nitrogen and oxygen atoms in total.